The summed E-state index contributed by atoms with van der Waals surface area (Å²) in [6.07, 6.45) is 0. The molecule has 0 aliphatic heterocycles. The molecule has 7 nitrogen and oxygen atoms in total. The first-order valence-corrected chi connectivity index (χ1v) is 12.1. The highest BCUT2D eigenvalue weighted by Crippen LogP contribution is 2.34. The summed E-state index contributed by atoms with van der Waals surface area (Å²) in [5.74, 6) is 0.136. The van der Waals surface area contributed by atoms with Crippen molar-refractivity contribution in [3.63, 3.8) is 0 Å². The van der Waals surface area contributed by atoms with Gasteiger partial charge in [-0.15, -0.1) is 0 Å². The molecule has 3 aromatic carbocycles. The summed E-state index contributed by atoms with van der Waals surface area (Å²) in [7, 11) is -2.33. The molecule has 0 aliphatic rings. The number of amides is 1. The standard InChI is InChI=1S/C22H18ClN3O4S2/c1-13-6-11-18(23)20-19(13)24-22(31-20)25-21(27)14-4-3-5-15(12-14)26-32(28,29)17-9-7-16(30-2)8-10-17/h3-12,26H,1-2H3,(H,24,25,27). The number of hydrogen-bond donors (Lipinski definition) is 2. The Morgan fingerprint density at radius 1 is 1.09 bits per heavy atom. The van der Waals surface area contributed by atoms with E-state index in [-0.39, 0.29) is 16.1 Å². The van der Waals surface area contributed by atoms with Crippen molar-refractivity contribution in [3.8, 4) is 5.75 Å². The number of anilines is 2. The van der Waals surface area contributed by atoms with E-state index in [1.165, 1.54) is 36.6 Å². The lowest BCUT2D eigenvalue weighted by Crippen LogP contribution is -2.15. The molecule has 4 rings (SSSR count). The molecule has 164 valence electrons. The Kier molecular flexibility index (Phi) is 6.05. The summed E-state index contributed by atoms with van der Waals surface area (Å²) in [5, 5.41) is 3.73. The van der Waals surface area contributed by atoms with Crippen LogP contribution in [0.4, 0.5) is 10.8 Å². The third-order valence-corrected chi connectivity index (χ3v) is 7.49. The van der Waals surface area contributed by atoms with E-state index in [0.717, 1.165) is 15.8 Å². The fraction of sp³-hybridized carbons (Fsp3) is 0.0909. The number of benzene rings is 3. The molecule has 0 saturated carbocycles. The molecule has 0 radical (unpaired) electrons. The predicted octanol–water partition coefficient (Wildman–Crippen LogP) is 5.32. The second-order valence-corrected chi connectivity index (χ2v) is 9.97. The molecular weight excluding hydrogens is 470 g/mol. The van der Waals surface area contributed by atoms with Gasteiger partial charge in [0.15, 0.2) is 5.13 Å². The number of sulfonamides is 1. The maximum absolute atomic E-state index is 12.8. The van der Waals surface area contributed by atoms with E-state index >= 15 is 0 Å². The minimum atomic E-state index is -3.83. The van der Waals surface area contributed by atoms with E-state index in [4.69, 9.17) is 16.3 Å². The Balaban J connectivity index is 1.54. The molecule has 0 bridgehead atoms. The maximum Gasteiger partial charge on any atom is 0.261 e. The van der Waals surface area contributed by atoms with E-state index in [1.807, 2.05) is 13.0 Å². The highest BCUT2D eigenvalue weighted by molar-refractivity contribution is 7.92. The molecule has 0 fully saturated rings. The van der Waals surface area contributed by atoms with Gasteiger partial charge < -0.3 is 4.74 Å². The van der Waals surface area contributed by atoms with Gasteiger partial charge in [0.05, 0.1) is 27.2 Å². The largest absolute Gasteiger partial charge is 0.497 e. The molecule has 0 spiro atoms. The molecule has 32 heavy (non-hydrogen) atoms. The monoisotopic (exact) mass is 487 g/mol. The number of nitrogens with zero attached hydrogens (tertiary/aromatic N) is 1. The van der Waals surface area contributed by atoms with Crippen LogP contribution in [0.1, 0.15) is 15.9 Å². The second kappa shape index (κ2) is 8.78. The Labute approximate surface area is 194 Å². The first-order valence-electron chi connectivity index (χ1n) is 9.41. The molecule has 1 aromatic heterocycles. The van der Waals surface area contributed by atoms with Crippen molar-refractivity contribution < 1.29 is 17.9 Å². The van der Waals surface area contributed by atoms with Gasteiger partial charge in [-0.05, 0) is 61.0 Å². The van der Waals surface area contributed by atoms with Crippen LogP contribution in [0.5, 0.6) is 5.75 Å². The predicted molar refractivity (Wildman–Crippen MR) is 128 cm³/mol. The van der Waals surface area contributed by atoms with Gasteiger partial charge >= 0.3 is 0 Å². The van der Waals surface area contributed by atoms with Crippen molar-refractivity contribution in [1.82, 2.24) is 4.98 Å². The highest BCUT2D eigenvalue weighted by Gasteiger charge is 2.17. The van der Waals surface area contributed by atoms with Crippen molar-refractivity contribution in [2.45, 2.75) is 11.8 Å². The summed E-state index contributed by atoms with van der Waals surface area (Å²) in [6, 6.07) is 15.9. The number of aryl methyl sites for hydroxylation is 1. The average Bonchev–Trinajstić information content (AvgIpc) is 3.21. The zero-order chi connectivity index (χ0) is 22.9. The number of halogens is 1. The number of carbonyl (C=O) groups is 1. The number of nitrogens with one attached hydrogen (secondary N) is 2. The number of thiazole rings is 1. The first-order chi connectivity index (χ1) is 15.3. The normalized spacial score (nSPS) is 11.3. The van der Waals surface area contributed by atoms with Gasteiger partial charge in [-0.2, -0.15) is 0 Å². The smallest absolute Gasteiger partial charge is 0.261 e. The fourth-order valence-corrected chi connectivity index (χ4v) is 5.28. The molecule has 1 heterocycles. The summed E-state index contributed by atoms with van der Waals surface area (Å²) in [6.45, 7) is 1.92. The van der Waals surface area contributed by atoms with Crippen LogP contribution in [0.25, 0.3) is 10.2 Å². The van der Waals surface area contributed by atoms with Gasteiger partial charge in [0.1, 0.15) is 5.75 Å². The van der Waals surface area contributed by atoms with Crippen LogP contribution < -0.4 is 14.8 Å². The van der Waals surface area contributed by atoms with Gasteiger partial charge in [0.25, 0.3) is 15.9 Å². The summed E-state index contributed by atoms with van der Waals surface area (Å²) < 4.78 is 33.7. The summed E-state index contributed by atoms with van der Waals surface area (Å²) in [5.41, 5.74) is 2.23. The molecular formula is C22H18ClN3O4S2. The second-order valence-electron chi connectivity index (χ2n) is 6.88. The van der Waals surface area contributed by atoms with Gasteiger partial charge in [0, 0.05) is 11.3 Å². The molecule has 2 N–H and O–H groups in total. The lowest BCUT2D eigenvalue weighted by Gasteiger charge is -2.10. The van der Waals surface area contributed by atoms with Crippen molar-refractivity contribution in [3.05, 3.63) is 76.8 Å². The lowest BCUT2D eigenvalue weighted by molar-refractivity contribution is 0.102. The quantitative estimate of drug-likeness (QED) is 0.383. The number of methoxy groups -OCH3 is 1. The van der Waals surface area contributed by atoms with Crippen LogP contribution in [0, 0.1) is 6.92 Å². The number of rotatable bonds is 6. The summed E-state index contributed by atoms with van der Waals surface area (Å²) >= 11 is 7.51. The third kappa shape index (κ3) is 4.55. The zero-order valence-corrected chi connectivity index (χ0v) is 19.4. The Bertz CT molecular complexity index is 1380. The average molecular weight is 488 g/mol. The van der Waals surface area contributed by atoms with Gasteiger partial charge in [-0.3, -0.25) is 14.8 Å². The van der Waals surface area contributed by atoms with Gasteiger partial charge in [-0.25, -0.2) is 13.4 Å². The maximum atomic E-state index is 12.8. The van der Waals surface area contributed by atoms with Crippen LogP contribution in [-0.2, 0) is 10.0 Å². The first kappa shape index (κ1) is 22.1. The zero-order valence-electron chi connectivity index (χ0n) is 17.0. The lowest BCUT2D eigenvalue weighted by atomic mass is 10.2. The molecule has 10 heteroatoms. The minimum Gasteiger partial charge on any atom is -0.497 e. The molecule has 1 amide bonds. The SMILES string of the molecule is COc1ccc(S(=O)(=O)Nc2cccc(C(=O)Nc3nc4c(C)ccc(Cl)c4s3)c2)cc1. The van der Waals surface area contributed by atoms with Crippen LogP contribution in [0.2, 0.25) is 5.02 Å². The topological polar surface area (TPSA) is 97.4 Å². The van der Waals surface area contributed by atoms with Crippen molar-refractivity contribution in [2.75, 3.05) is 17.1 Å². The van der Waals surface area contributed by atoms with E-state index in [2.05, 4.69) is 15.0 Å². The van der Waals surface area contributed by atoms with Crippen molar-refractivity contribution in [1.29, 1.82) is 0 Å². The van der Waals surface area contributed by atoms with Crippen LogP contribution >= 0.6 is 22.9 Å². The highest BCUT2D eigenvalue weighted by atomic mass is 35.5. The minimum absolute atomic E-state index is 0.0786. The van der Waals surface area contributed by atoms with Crippen LogP contribution in [0.3, 0.4) is 0 Å². The van der Waals surface area contributed by atoms with E-state index < -0.39 is 15.9 Å². The van der Waals surface area contributed by atoms with Crippen LogP contribution in [-0.4, -0.2) is 26.4 Å². The fourth-order valence-electron chi connectivity index (χ4n) is 3.02. The van der Waals surface area contributed by atoms with E-state index in [1.54, 1.807) is 36.4 Å². The molecule has 0 aliphatic carbocycles. The third-order valence-electron chi connectivity index (χ3n) is 4.66. The Hall–Kier alpha value is -3.14. The van der Waals surface area contributed by atoms with Crippen molar-refractivity contribution >= 4 is 59.9 Å². The number of fused-ring (bicyclic) bond motifs is 1. The van der Waals surface area contributed by atoms with E-state index in [0.29, 0.717) is 15.9 Å². The van der Waals surface area contributed by atoms with Crippen LogP contribution in [0.15, 0.2) is 65.6 Å². The number of ether oxygens (including phenoxy) is 1. The molecule has 0 saturated heterocycles. The number of carbonyl (C=O) groups excluding carboxylic acids is 1. The van der Waals surface area contributed by atoms with Gasteiger partial charge in [-0.1, -0.05) is 35.1 Å². The Morgan fingerprint density at radius 2 is 1.84 bits per heavy atom. The van der Waals surface area contributed by atoms with Gasteiger partial charge in [0.2, 0.25) is 0 Å². The molecule has 0 atom stereocenters. The Morgan fingerprint density at radius 3 is 2.53 bits per heavy atom. The molecule has 0 unspecified atom stereocenters. The number of hydrogen-bond acceptors (Lipinski definition) is 6. The molecule has 4 aromatic rings. The summed E-state index contributed by atoms with van der Waals surface area (Å²) in [4.78, 5) is 17.3. The van der Waals surface area contributed by atoms with E-state index in [9.17, 15) is 13.2 Å². The van der Waals surface area contributed by atoms with Crippen molar-refractivity contribution in [2.24, 2.45) is 0 Å². The number of aromatic nitrogens is 1.